The molecule has 1 aromatic carbocycles. The van der Waals surface area contributed by atoms with E-state index in [2.05, 4.69) is 25.4 Å². The minimum absolute atomic E-state index is 0.0357. The Balaban J connectivity index is 1.35. The van der Waals surface area contributed by atoms with Crippen molar-refractivity contribution in [3.8, 4) is 0 Å². The van der Waals surface area contributed by atoms with Crippen LogP contribution in [0.25, 0.3) is 11.2 Å². The van der Waals surface area contributed by atoms with Crippen molar-refractivity contribution in [1.82, 2.24) is 24.6 Å². The fourth-order valence-electron chi connectivity index (χ4n) is 5.37. The van der Waals surface area contributed by atoms with Crippen LogP contribution in [0, 0.1) is 0 Å². The Morgan fingerprint density at radius 1 is 1.00 bits per heavy atom. The second kappa shape index (κ2) is 8.92. The zero-order valence-electron chi connectivity index (χ0n) is 19.5. The average Bonchev–Trinajstić information content (AvgIpc) is 3.33. The maximum Gasteiger partial charge on any atom is 0.315 e. The zero-order valence-corrected chi connectivity index (χ0v) is 19.5. The predicted octanol–water partition coefficient (Wildman–Crippen LogP) is 3.02. The van der Waals surface area contributed by atoms with E-state index < -0.39 is 0 Å². The van der Waals surface area contributed by atoms with Crippen LogP contribution in [0.2, 0.25) is 0 Å². The van der Waals surface area contributed by atoms with E-state index in [9.17, 15) is 9.59 Å². The first kappa shape index (κ1) is 22.1. The quantitative estimate of drug-likeness (QED) is 0.611. The van der Waals surface area contributed by atoms with Crippen LogP contribution in [0.15, 0.2) is 41.2 Å². The van der Waals surface area contributed by atoms with Gasteiger partial charge >= 0.3 is 6.03 Å². The molecule has 10 nitrogen and oxygen atoms in total. The summed E-state index contributed by atoms with van der Waals surface area (Å²) in [5.74, 6) is 0.356. The third-order valence-electron chi connectivity index (χ3n) is 6.89. The first-order valence-electron chi connectivity index (χ1n) is 11.9. The summed E-state index contributed by atoms with van der Waals surface area (Å²) in [6, 6.07) is 11.1. The van der Waals surface area contributed by atoms with Crippen LogP contribution in [-0.2, 0) is 0 Å². The molecule has 2 atom stereocenters. The molecule has 34 heavy (non-hydrogen) atoms. The summed E-state index contributed by atoms with van der Waals surface area (Å²) in [7, 11) is 0. The summed E-state index contributed by atoms with van der Waals surface area (Å²) in [6.45, 7) is 5.46. The summed E-state index contributed by atoms with van der Waals surface area (Å²) < 4.78 is 1.78. The van der Waals surface area contributed by atoms with Gasteiger partial charge < -0.3 is 20.9 Å². The molecular weight excluding hydrogens is 432 g/mol. The molecule has 2 unspecified atom stereocenters. The van der Waals surface area contributed by atoms with Gasteiger partial charge in [0, 0.05) is 48.7 Å². The number of hydrogen-bond donors (Lipinski definition) is 2. The number of primary amides is 1. The standard InChI is InChI=1S/C24H30N8O2/c1-15-13-30(14-16(2)31(15)23(25)34)18-9-7-17(8-10-18)26-24-27-22-20(28-29-24)11-12-21(33)32(22)19-5-3-4-6-19/h7-12,15-16,19H,3-6,13-14H2,1-2H3,(H2,25,34)(H,26,27,29). The third kappa shape index (κ3) is 4.15. The molecule has 1 saturated heterocycles. The molecule has 178 valence electrons. The lowest BCUT2D eigenvalue weighted by molar-refractivity contribution is 0.150. The fraction of sp³-hybridized carbons (Fsp3) is 0.458. The van der Waals surface area contributed by atoms with Crippen LogP contribution in [0.3, 0.4) is 0 Å². The first-order valence-corrected chi connectivity index (χ1v) is 11.9. The van der Waals surface area contributed by atoms with Crippen molar-refractivity contribution < 1.29 is 4.79 Å². The number of rotatable bonds is 4. The molecule has 2 fully saturated rings. The van der Waals surface area contributed by atoms with Gasteiger partial charge in [-0.2, -0.15) is 4.98 Å². The number of urea groups is 1. The Morgan fingerprint density at radius 3 is 2.32 bits per heavy atom. The molecule has 3 aromatic rings. The summed E-state index contributed by atoms with van der Waals surface area (Å²) in [5, 5.41) is 11.7. The minimum atomic E-state index is -0.374. The number of hydrogen-bond acceptors (Lipinski definition) is 7. The molecule has 5 rings (SSSR count). The molecule has 1 aliphatic carbocycles. The molecule has 0 bridgehead atoms. The van der Waals surface area contributed by atoms with E-state index in [0.717, 1.165) is 50.1 Å². The SMILES string of the molecule is CC1CN(c2ccc(Nc3nnc4ccc(=O)n(C5CCCC5)c4n3)cc2)CC(C)N1C(N)=O. The van der Waals surface area contributed by atoms with E-state index in [4.69, 9.17) is 5.73 Å². The van der Waals surface area contributed by atoms with Crippen molar-refractivity contribution in [2.45, 2.75) is 57.7 Å². The van der Waals surface area contributed by atoms with Gasteiger partial charge in [0.05, 0.1) is 0 Å². The minimum Gasteiger partial charge on any atom is -0.367 e. The number of carbonyl (C=O) groups is 1. The predicted molar refractivity (Wildman–Crippen MR) is 131 cm³/mol. The van der Waals surface area contributed by atoms with Crippen molar-refractivity contribution >= 4 is 34.5 Å². The van der Waals surface area contributed by atoms with Gasteiger partial charge in [0.1, 0.15) is 5.52 Å². The highest BCUT2D eigenvalue weighted by Gasteiger charge is 2.31. The molecule has 2 aromatic heterocycles. The van der Waals surface area contributed by atoms with Crippen LogP contribution >= 0.6 is 0 Å². The highest BCUT2D eigenvalue weighted by molar-refractivity contribution is 5.73. The number of pyridine rings is 1. The second-order valence-corrected chi connectivity index (χ2v) is 9.34. The van der Waals surface area contributed by atoms with Gasteiger partial charge in [-0.15, -0.1) is 10.2 Å². The Hall–Kier alpha value is -3.69. The number of fused-ring (bicyclic) bond motifs is 1. The normalized spacial score (nSPS) is 21.2. The van der Waals surface area contributed by atoms with Gasteiger partial charge in [-0.05, 0) is 57.0 Å². The lowest BCUT2D eigenvalue weighted by Crippen LogP contribution is -2.60. The van der Waals surface area contributed by atoms with Crippen molar-refractivity contribution in [3.05, 3.63) is 46.8 Å². The number of nitrogens with one attached hydrogen (secondary N) is 1. The molecule has 1 aliphatic heterocycles. The van der Waals surface area contributed by atoms with Gasteiger partial charge in [0.25, 0.3) is 5.56 Å². The molecule has 3 heterocycles. The highest BCUT2D eigenvalue weighted by atomic mass is 16.2. The van der Waals surface area contributed by atoms with E-state index in [1.165, 1.54) is 0 Å². The lowest BCUT2D eigenvalue weighted by Gasteiger charge is -2.44. The van der Waals surface area contributed by atoms with Crippen LogP contribution < -0.4 is 21.5 Å². The lowest BCUT2D eigenvalue weighted by atomic mass is 10.1. The van der Waals surface area contributed by atoms with Gasteiger partial charge in [0.2, 0.25) is 5.95 Å². The second-order valence-electron chi connectivity index (χ2n) is 9.34. The monoisotopic (exact) mass is 462 g/mol. The first-order chi connectivity index (χ1) is 16.4. The number of aromatic nitrogens is 4. The Bertz CT molecular complexity index is 1240. The fourth-order valence-corrected chi connectivity index (χ4v) is 5.37. The van der Waals surface area contributed by atoms with Crippen molar-refractivity contribution in [1.29, 1.82) is 0 Å². The molecule has 0 spiro atoms. The molecule has 0 radical (unpaired) electrons. The topological polar surface area (TPSA) is 122 Å². The summed E-state index contributed by atoms with van der Waals surface area (Å²) in [5.41, 5.74) is 8.58. The number of nitrogens with zero attached hydrogens (tertiary/aromatic N) is 6. The number of benzene rings is 1. The summed E-state index contributed by atoms with van der Waals surface area (Å²) in [6.07, 6.45) is 4.22. The van der Waals surface area contributed by atoms with Crippen LogP contribution in [-0.4, -0.2) is 55.9 Å². The molecular formula is C24H30N8O2. The van der Waals surface area contributed by atoms with Gasteiger partial charge in [-0.1, -0.05) is 12.8 Å². The maximum absolute atomic E-state index is 12.6. The number of piperazine rings is 1. The number of nitrogens with two attached hydrogens (primary N) is 1. The van der Waals surface area contributed by atoms with Gasteiger partial charge in [-0.25, -0.2) is 4.79 Å². The summed E-state index contributed by atoms with van der Waals surface area (Å²) in [4.78, 5) is 33.0. The molecule has 3 N–H and O–H groups in total. The zero-order chi connectivity index (χ0) is 23.8. The number of anilines is 3. The van der Waals surface area contributed by atoms with E-state index in [0.29, 0.717) is 17.1 Å². The number of carbonyl (C=O) groups excluding carboxylic acids is 1. The van der Waals surface area contributed by atoms with Gasteiger partial charge in [-0.3, -0.25) is 9.36 Å². The molecule has 10 heteroatoms. The third-order valence-corrected chi connectivity index (χ3v) is 6.89. The smallest absolute Gasteiger partial charge is 0.315 e. The number of amides is 2. The van der Waals surface area contributed by atoms with Crippen molar-refractivity contribution in [2.24, 2.45) is 5.73 Å². The Morgan fingerprint density at radius 2 is 1.68 bits per heavy atom. The van der Waals surface area contributed by atoms with E-state index in [-0.39, 0.29) is 29.7 Å². The van der Waals surface area contributed by atoms with Crippen LogP contribution in [0.5, 0.6) is 0 Å². The average molecular weight is 463 g/mol. The van der Waals surface area contributed by atoms with E-state index >= 15 is 0 Å². The van der Waals surface area contributed by atoms with Crippen molar-refractivity contribution in [2.75, 3.05) is 23.3 Å². The van der Waals surface area contributed by atoms with Crippen LogP contribution in [0.1, 0.15) is 45.6 Å². The summed E-state index contributed by atoms with van der Waals surface area (Å²) >= 11 is 0. The largest absolute Gasteiger partial charge is 0.367 e. The van der Waals surface area contributed by atoms with Crippen LogP contribution in [0.4, 0.5) is 22.1 Å². The van der Waals surface area contributed by atoms with Crippen molar-refractivity contribution in [3.63, 3.8) is 0 Å². The van der Waals surface area contributed by atoms with Gasteiger partial charge in [0.15, 0.2) is 5.65 Å². The molecule has 2 amide bonds. The molecule has 2 aliphatic rings. The Kier molecular flexibility index (Phi) is 5.80. The molecule has 1 saturated carbocycles. The Labute approximate surface area is 197 Å². The maximum atomic E-state index is 12.6. The van der Waals surface area contributed by atoms with E-state index in [1.807, 2.05) is 38.1 Å². The van der Waals surface area contributed by atoms with E-state index in [1.54, 1.807) is 21.6 Å². The highest BCUT2D eigenvalue weighted by Crippen LogP contribution is 2.30.